The Morgan fingerprint density at radius 2 is 1.94 bits per heavy atom. The fourth-order valence-corrected chi connectivity index (χ4v) is 2.52. The molecule has 0 aliphatic heterocycles. The molecular weight excluding hydrogens is 216 g/mol. The number of rotatable bonds is 1. The Labute approximate surface area is 101 Å². The molecule has 0 atom stereocenters. The lowest BCUT2D eigenvalue weighted by Gasteiger charge is -2.13. The van der Waals surface area contributed by atoms with Gasteiger partial charge in [-0.15, -0.1) is 11.3 Å². The molecule has 0 aliphatic rings. The lowest BCUT2D eigenvalue weighted by atomic mass is 9.98. The van der Waals surface area contributed by atoms with Crippen LogP contribution in [0.5, 0.6) is 0 Å². The van der Waals surface area contributed by atoms with Gasteiger partial charge in [-0.05, 0) is 12.0 Å². The van der Waals surface area contributed by atoms with Crippen molar-refractivity contribution in [3.8, 4) is 0 Å². The van der Waals surface area contributed by atoms with Crippen LogP contribution >= 0.6 is 11.3 Å². The molecule has 0 bridgehead atoms. The lowest BCUT2D eigenvalue weighted by Crippen LogP contribution is -2.09. The monoisotopic (exact) mass is 234 g/mol. The van der Waals surface area contributed by atoms with Gasteiger partial charge in [-0.1, -0.05) is 34.6 Å². The summed E-state index contributed by atoms with van der Waals surface area (Å²) in [7, 11) is 0. The summed E-state index contributed by atoms with van der Waals surface area (Å²) >= 11 is 1.78. The average molecular weight is 234 g/mol. The molecule has 0 aliphatic carbocycles. The van der Waals surface area contributed by atoms with Crippen LogP contribution in [0.4, 0.5) is 0 Å². The molecule has 0 radical (unpaired) electrons. The van der Waals surface area contributed by atoms with Gasteiger partial charge in [0.05, 0.1) is 21.4 Å². The van der Waals surface area contributed by atoms with Gasteiger partial charge >= 0.3 is 0 Å². The first kappa shape index (κ1) is 11.5. The van der Waals surface area contributed by atoms with Gasteiger partial charge in [-0.2, -0.15) is 0 Å². The van der Waals surface area contributed by atoms with E-state index in [9.17, 15) is 0 Å². The van der Waals surface area contributed by atoms with E-state index in [-0.39, 0.29) is 5.41 Å². The van der Waals surface area contributed by atoms with Gasteiger partial charge in [0.25, 0.3) is 0 Å². The van der Waals surface area contributed by atoms with E-state index in [0.29, 0.717) is 5.92 Å². The highest BCUT2D eigenvalue weighted by molar-refractivity contribution is 7.18. The van der Waals surface area contributed by atoms with E-state index < -0.39 is 0 Å². The van der Waals surface area contributed by atoms with E-state index in [4.69, 9.17) is 0 Å². The van der Waals surface area contributed by atoms with E-state index in [1.807, 2.05) is 6.20 Å². The Hall–Kier alpha value is -0.960. The number of pyridine rings is 1. The van der Waals surface area contributed by atoms with Crippen molar-refractivity contribution >= 4 is 21.6 Å². The van der Waals surface area contributed by atoms with Crippen LogP contribution in [-0.4, -0.2) is 9.97 Å². The van der Waals surface area contributed by atoms with Gasteiger partial charge in [0, 0.05) is 11.1 Å². The van der Waals surface area contributed by atoms with E-state index >= 15 is 0 Å². The quantitative estimate of drug-likeness (QED) is 0.742. The molecule has 2 nitrogen and oxygen atoms in total. The molecule has 2 heterocycles. The van der Waals surface area contributed by atoms with Gasteiger partial charge in [-0.3, -0.25) is 4.98 Å². The molecule has 2 aromatic heterocycles. The Balaban J connectivity index is 2.54. The third-order valence-electron chi connectivity index (χ3n) is 2.53. The molecule has 0 saturated heterocycles. The largest absolute Gasteiger partial charge is 0.259 e. The van der Waals surface area contributed by atoms with Crippen LogP contribution < -0.4 is 0 Å². The summed E-state index contributed by atoms with van der Waals surface area (Å²) in [4.78, 5) is 9.09. The fraction of sp³-hybridized carbons (Fsp3) is 0.538. The van der Waals surface area contributed by atoms with Crippen LogP contribution in [0.25, 0.3) is 10.2 Å². The fourth-order valence-electron chi connectivity index (χ4n) is 1.48. The zero-order chi connectivity index (χ0) is 11.9. The molecular formula is C13H18N2S. The van der Waals surface area contributed by atoms with Crippen molar-refractivity contribution in [3.63, 3.8) is 0 Å². The number of fused-ring (bicyclic) bond motifs is 1. The number of aromatic nitrogens is 2. The number of hydrogen-bond donors (Lipinski definition) is 0. The normalized spacial score (nSPS) is 12.6. The number of hydrogen-bond acceptors (Lipinski definition) is 3. The smallest absolute Gasteiger partial charge is 0.0999 e. The first-order valence-electron chi connectivity index (χ1n) is 5.65. The van der Waals surface area contributed by atoms with Crippen LogP contribution in [0.3, 0.4) is 0 Å². The van der Waals surface area contributed by atoms with Crippen LogP contribution in [0.2, 0.25) is 0 Å². The highest BCUT2D eigenvalue weighted by Gasteiger charge is 2.19. The molecule has 0 spiro atoms. The standard InChI is InChI=1S/C13H18N2S/c1-8(2)9-6-11-10(7-14-9)15-12(16-11)13(3,4)5/h6-8H,1-5H3. The molecule has 0 fully saturated rings. The second-order valence-corrected chi connectivity index (χ2v) is 6.53. The number of thiazole rings is 1. The Morgan fingerprint density at radius 1 is 1.25 bits per heavy atom. The average Bonchev–Trinajstić information content (AvgIpc) is 2.58. The second kappa shape index (κ2) is 3.81. The zero-order valence-electron chi connectivity index (χ0n) is 10.5. The lowest BCUT2D eigenvalue weighted by molar-refractivity contribution is 0.587. The zero-order valence-corrected chi connectivity index (χ0v) is 11.4. The van der Waals surface area contributed by atoms with E-state index in [1.54, 1.807) is 11.3 Å². The first-order chi connectivity index (χ1) is 7.38. The number of nitrogens with zero attached hydrogens (tertiary/aromatic N) is 2. The maximum atomic E-state index is 4.64. The molecule has 2 rings (SSSR count). The summed E-state index contributed by atoms with van der Waals surface area (Å²) in [6, 6.07) is 2.17. The van der Waals surface area contributed by atoms with E-state index in [0.717, 1.165) is 11.2 Å². The molecule has 0 unspecified atom stereocenters. The maximum Gasteiger partial charge on any atom is 0.0999 e. The predicted molar refractivity (Wildman–Crippen MR) is 70.2 cm³/mol. The van der Waals surface area contributed by atoms with Crippen molar-refractivity contribution in [1.82, 2.24) is 9.97 Å². The van der Waals surface area contributed by atoms with Crippen molar-refractivity contribution in [3.05, 3.63) is 23.0 Å². The predicted octanol–water partition coefficient (Wildman–Crippen LogP) is 4.11. The minimum absolute atomic E-state index is 0.127. The van der Waals surface area contributed by atoms with E-state index in [2.05, 4.69) is 50.7 Å². The Bertz CT molecular complexity index is 506. The molecule has 2 aromatic rings. The first-order valence-corrected chi connectivity index (χ1v) is 6.46. The van der Waals surface area contributed by atoms with Crippen LogP contribution in [0.15, 0.2) is 12.3 Å². The minimum Gasteiger partial charge on any atom is -0.259 e. The Morgan fingerprint density at radius 3 is 2.50 bits per heavy atom. The van der Waals surface area contributed by atoms with Crippen molar-refractivity contribution in [1.29, 1.82) is 0 Å². The summed E-state index contributed by atoms with van der Waals surface area (Å²) in [6.07, 6.45) is 1.90. The molecule has 0 saturated carbocycles. The maximum absolute atomic E-state index is 4.64. The topological polar surface area (TPSA) is 25.8 Å². The molecule has 0 amide bonds. The summed E-state index contributed by atoms with van der Waals surface area (Å²) < 4.78 is 1.25. The minimum atomic E-state index is 0.127. The summed E-state index contributed by atoms with van der Waals surface area (Å²) in [5.41, 5.74) is 2.30. The third-order valence-corrected chi connectivity index (χ3v) is 3.97. The molecule has 0 N–H and O–H groups in total. The van der Waals surface area contributed by atoms with Gasteiger partial charge in [0.1, 0.15) is 0 Å². The molecule has 3 heteroatoms. The summed E-state index contributed by atoms with van der Waals surface area (Å²) in [6.45, 7) is 10.9. The highest BCUT2D eigenvalue weighted by Crippen LogP contribution is 2.31. The van der Waals surface area contributed by atoms with Crippen LogP contribution in [0.1, 0.15) is 51.2 Å². The van der Waals surface area contributed by atoms with Gasteiger partial charge in [0.15, 0.2) is 0 Å². The summed E-state index contributed by atoms with van der Waals surface area (Å²) in [5, 5.41) is 1.19. The van der Waals surface area contributed by atoms with Crippen LogP contribution in [-0.2, 0) is 5.41 Å². The van der Waals surface area contributed by atoms with Gasteiger partial charge in [0.2, 0.25) is 0 Å². The second-order valence-electron chi connectivity index (χ2n) is 5.50. The Kier molecular flexibility index (Phi) is 2.74. The van der Waals surface area contributed by atoms with Crippen molar-refractivity contribution in [2.75, 3.05) is 0 Å². The van der Waals surface area contributed by atoms with Gasteiger partial charge < -0.3 is 0 Å². The van der Waals surface area contributed by atoms with E-state index in [1.165, 1.54) is 9.71 Å². The van der Waals surface area contributed by atoms with Crippen molar-refractivity contribution in [2.24, 2.45) is 0 Å². The van der Waals surface area contributed by atoms with Crippen LogP contribution in [0, 0.1) is 0 Å². The molecule has 0 aromatic carbocycles. The molecule has 86 valence electrons. The highest BCUT2D eigenvalue weighted by atomic mass is 32.1. The SMILES string of the molecule is CC(C)c1cc2sc(C(C)(C)C)nc2cn1. The van der Waals surface area contributed by atoms with Crippen molar-refractivity contribution in [2.45, 2.75) is 46.0 Å². The third kappa shape index (κ3) is 2.09. The summed E-state index contributed by atoms with van der Waals surface area (Å²) in [5.74, 6) is 0.476. The molecule has 16 heavy (non-hydrogen) atoms. The van der Waals surface area contributed by atoms with Crippen molar-refractivity contribution < 1.29 is 0 Å². The van der Waals surface area contributed by atoms with Gasteiger partial charge in [-0.25, -0.2) is 4.98 Å².